The number of nitrogens with zero attached hydrogens (tertiary/aromatic N) is 2. The van der Waals surface area contributed by atoms with Crippen molar-refractivity contribution in [2.45, 2.75) is 57.5 Å². The van der Waals surface area contributed by atoms with Gasteiger partial charge in [0.2, 0.25) is 0 Å². The Hall–Kier alpha value is -3.13. The van der Waals surface area contributed by atoms with E-state index in [4.69, 9.17) is 4.74 Å². The third-order valence-electron chi connectivity index (χ3n) is 7.96. The van der Waals surface area contributed by atoms with E-state index in [0.717, 1.165) is 74.5 Å². The Balaban J connectivity index is 1.31. The number of carboxylic acids is 1. The number of piperidine rings is 1. The molecule has 2 aromatic carbocycles. The van der Waals surface area contributed by atoms with Crippen molar-refractivity contribution >= 4 is 16.9 Å². The Morgan fingerprint density at radius 3 is 2.69 bits per heavy atom. The third-order valence-corrected chi connectivity index (χ3v) is 7.96. The highest BCUT2D eigenvalue weighted by molar-refractivity contribution is 5.83. The molecule has 2 atom stereocenters. The van der Waals surface area contributed by atoms with Crippen LogP contribution in [0.4, 0.5) is 13.2 Å². The molecule has 1 fully saturated rings. The summed E-state index contributed by atoms with van der Waals surface area (Å²) in [5, 5.41) is 10.4. The first kappa shape index (κ1) is 28.9. The van der Waals surface area contributed by atoms with Crippen molar-refractivity contribution in [3.8, 4) is 5.75 Å². The summed E-state index contributed by atoms with van der Waals surface area (Å²) in [6.45, 7) is 2.58. The topological polar surface area (TPSA) is 62.7 Å². The summed E-state index contributed by atoms with van der Waals surface area (Å²) in [6.07, 6.45) is 3.69. The minimum Gasteiger partial charge on any atom is -0.497 e. The van der Waals surface area contributed by atoms with Crippen molar-refractivity contribution in [2.75, 3.05) is 26.7 Å². The highest BCUT2D eigenvalue weighted by Crippen LogP contribution is 2.33. The molecule has 8 heteroatoms. The number of benzene rings is 2. The number of ether oxygens (including phenoxy) is 1. The van der Waals surface area contributed by atoms with Crippen LogP contribution in [0.1, 0.15) is 55.2 Å². The maximum atomic E-state index is 13.0. The van der Waals surface area contributed by atoms with E-state index in [1.165, 1.54) is 17.7 Å². The van der Waals surface area contributed by atoms with Crippen LogP contribution in [0, 0.1) is 11.8 Å². The summed E-state index contributed by atoms with van der Waals surface area (Å²) in [7, 11) is 1.66. The second-order valence-corrected chi connectivity index (χ2v) is 10.6. The number of alkyl halides is 3. The van der Waals surface area contributed by atoms with Crippen molar-refractivity contribution in [1.82, 2.24) is 9.88 Å². The number of aliphatic carboxylic acids is 1. The fourth-order valence-electron chi connectivity index (χ4n) is 5.87. The molecule has 0 aliphatic carbocycles. The maximum absolute atomic E-state index is 13.0. The Kier molecular flexibility index (Phi) is 9.83. The van der Waals surface area contributed by atoms with Gasteiger partial charge in [0.15, 0.2) is 0 Å². The smallest absolute Gasteiger partial charge is 0.416 e. The zero-order valence-electron chi connectivity index (χ0n) is 22.4. The van der Waals surface area contributed by atoms with Gasteiger partial charge in [0.25, 0.3) is 0 Å². The summed E-state index contributed by atoms with van der Waals surface area (Å²) in [5.74, 6) is 0.808. The molecule has 2 heterocycles. The number of pyridine rings is 1. The largest absolute Gasteiger partial charge is 0.497 e. The van der Waals surface area contributed by atoms with Gasteiger partial charge in [-0.2, -0.15) is 13.2 Å². The molecule has 210 valence electrons. The van der Waals surface area contributed by atoms with Crippen molar-refractivity contribution in [2.24, 2.45) is 11.8 Å². The van der Waals surface area contributed by atoms with Crippen LogP contribution in [-0.2, 0) is 23.8 Å². The first-order valence-corrected chi connectivity index (χ1v) is 13.7. The van der Waals surface area contributed by atoms with Gasteiger partial charge in [-0.3, -0.25) is 9.78 Å². The van der Waals surface area contributed by atoms with Crippen molar-refractivity contribution in [1.29, 1.82) is 0 Å². The quantitative estimate of drug-likeness (QED) is 0.267. The fraction of sp³-hybridized carbons (Fsp3) is 0.484. The third kappa shape index (κ3) is 8.18. The molecule has 1 aliphatic rings. The lowest BCUT2D eigenvalue weighted by Gasteiger charge is -2.39. The van der Waals surface area contributed by atoms with Crippen LogP contribution in [0.15, 0.2) is 54.7 Å². The number of hydrogen-bond donors (Lipinski definition) is 1. The van der Waals surface area contributed by atoms with Gasteiger partial charge in [0, 0.05) is 24.5 Å². The highest BCUT2D eigenvalue weighted by atomic mass is 19.4. The van der Waals surface area contributed by atoms with Gasteiger partial charge in [-0.1, -0.05) is 18.2 Å². The van der Waals surface area contributed by atoms with Crippen LogP contribution >= 0.6 is 0 Å². The predicted molar refractivity (Wildman–Crippen MR) is 146 cm³/mol. The molecular weight excluding hydrogens is 505 g/mol. The van der Waals surface area contributed by atoms with Gasteiger partial charge in [-0.15, -0.1) is 0 Å². The van der Waals surface area contributed by atoms with Gasteiger partial charge >= 0.3 is 12.1 Å². The lowest BCUT2D eigenvalue weighted by atomic mass is 9.79. The zero-order valence-corrected chi connectivity index (χ0v) is 22.4. The van der Waals surface area contributed by atoms with Crippen molar-refractivity contribution < 1.29 is 27.8 Å². The Bertz CT molecular complexity index is 1250. The van der Waals surface area contributed by atoms with Crippen LogP contribution < -0.4 is 4.74 Å². The first-order valence-electron chi connectivity index (χ1n) is 13.7. The Morgan fingerprint density at radius 2 is 1.92 bits per heavy atom. The fourth-order valence-corrected chi connectivity index (χ4v) is 5.87. The van der Waals surface area contributed by atoms with Crippen LogP contribution in [0.25, 0.3) is 10.9 Å². The number of aryl methyl sites for hydroxylation is 2. The minimum atomic E-state index is -4.33. The summed E-state index contributed by atoms with van der Waals surface area (Å²) in [4.78, 5) is 18.2. The van der Waals surface area contributed by atoms with E-state index < -0.39 is 17.7 Å². The van der Waals surface area contributed by atoms with E-state index in [2.05, 4.69) is 16.0 Å². The van der Waals surface area contributed by atoms with Gasteiger partial charge in [-0.05, 0) is 111 Å². The predicted octanol–water partition coefficient (Wildman–Crippen LogP) is 7.02. The maximum Gasteiger partial charge on any atom is 0.416 e. The zero-order chi connectivity index (χ0) is 27.8. The van der Waals surface area contributed by atoms with E-state index in [1.54, 1.807) is 13.2 Å². The van der Waals surface area contributed by atoms with E-state index in [9.17, 15) is 23.1 Å². The number of halogens is 3. The molecule has 1 N–H and O–H groups in total. The molecule has 1 aliphatic heterocycles. The molecule has 4 rings (SSSR count). The molecule has 0 spiro atoms. The first-order chi connectivity index (χ1) is 18.7. The standard InChI is InChI=1S/C31H37F3N2O3/c1-39-27-11-12-29-28(20-27)24(14-16-35-29)8-3-7-23-15-18-36(21-25(23)10-13-30(37)38)17-4-6-22-5-2-9-26(19-22)31(32,33)34/h2,5,9,11-12,14,16,19-20,23,25H,3-4,6-8,10,13,15,17-18,21H2,1H3,(H,37,38)/t23-,25+/m1/s1. The molecule has 3 aromatic rings. The van der Waals surface area contributed by atoms with Crippen molar-refractivity contribution in [3.63, 3.8) is 0 Å². The van der Waals surface area contributed by atoms with E-state index in [0.29, 0.717) is 30.2 Å². The number of rotatable bonds is 12. The molecule has 1 saturated heterocycles. The van der Waals surface area contributed by atoms with Gasteiger partial charge in [0.1, 0.15) is 5.75 Å². The number of hydrogen-bond acceptors (Lipinski definition) is 4. The highest BCUT2D eigenvalue weighted by Gasteiger charge is 2.31. The lowest BCUT2D eigenvalue weighted by Crippen LogP contribution is -2.41. The number of aromatic nitrogens is 1. The average molecular weight is 543 g/mol. The van der Waals surface area contributed by atoms with Crippen LogP contribution in [0.5, 0.6) is 5.75 Å². The molecular formula is C31H37F3N2O3. The Morgan fingerprint density at radius 1 is 1.08 bits per heavy atom. The summed E-state index contributed by atoms with van der Waals surface area (Å²) < 4.78 is 44.4. The number of likely N-dealkylation sites (tertiary alicyclic amines) is 1. The van der Waals surface area contributed by atoms with E-state index in [1.807, 2.05) is 24.4 Å². The molecule has 39 heavy (non-hydrogen) atoms. The molecule has 0 unspecified atom stereocenters. The SMILES string of the molecule is COc1ccc2nccc(CCC[C@@H]3CCN(CCCc4cccc(C(F)(F)F)c4)C[C@@H]3CCC(=O)O)c2c1. The second kappa shape index (κ2) is 13.3. The number of fused-ring (bicyclic) bond motifs is 1. The van der Waals surface area contributed by atoms with Crippen LogP contribution in [0.3, 0.4) is 0 Å². The van der Waals surface area contributed by atoms with E-state index in [-0.39, 0.29) is 6.42 Å². The van der Waals surface area contributed by atoms with Crippen molar-refractivity contribution in [3.05, 3.63) is 71.4 Å². The Labute approximate surface area is 228 Å². The molecule has 1 aromatic heterocycles. The monoisotopic (exact) mass is 542 g/mol. The summed E-state index contributed by atoms with van der Waals surface area (Å²) >= 11 is 0. The summed E-state index contributed by atoms with van der Waals surface area (Å²) in [5.41, 5.74) is 2.29. The molecule has 0 radical (unpaired) electrons. The normalized spacial score (nSPS) is 18.4. The van der Waals surface area contributed by atoms with Crippen LogP contribution in [-0.4, -0.2) is 47.7 Å². The number of carboxylic acid groups (broad SMARTS) is 1. The number of methoxy groups -OCH3 is 1. The molecule has 5 nitrogen and oxygen atoms in total. The average Bonchev–Trinajstić information content (AvgIpc) is 2.92. The van der Waals surface area contributed by atoms with Gasteiger partial charge in [-0.25, -0.2) is 0 Å². The van der Waals surface area contributed by atoms with Gasteiger partial charge < -0.3 is 14.7 Å². The minimum absolute atomic E-state index is 0.161. The number of carbonyl (C=O) groups is 1. The molecule has 0 saturated carbocycles. The second-order valence-electron chi connectivity index (χ2n) is 10.6. The summed E-state index contributed by atoms with van der Waals surface area (Å²) in [6, 6.07) is 13.6. The molecule has 0 amide bonds. The van der Waals surface area contributed by atoms with Gasteiger partial charge in [0.05, 0.1) is 18.2 Å². The molecule has 0 bridgehead atoms. The lowest BCUT2D eigenvalue weighted by molar-refractivity contribution is -0.138. The van der Waals surface area contributed by atoms with Crippen LogP contribution in [0.2, 0.25) is 0 Å². The van der Waals surface area contributed by atoms with E-state index >= 15 is 0 Å².